The SMILES string of the molecule is O=C(NCC1(O)CCc2ccccc2C1)C(=O)Nc1cc2c3c(c1)CCN3C(=O)CC2. The van der Waals surface area contributed by atoms with Crippen molar-refractivity contribution in [2.24, 2.45) is 0 Å². The largest absolute Gasteiger partial charge is 0.388 e. The first kappa shape index (κ1) is 19.8. The van der Waals surface area contributed by atoms with Crippen LogP contribution in [0.5, 0.6) is 0 Å². The maximum Gasteiger partial charge on any atom is 0.313 e. The molecule has 2 aromatic carbocycles. The number of carbonyl (C=O) groups is 3. The van der Waals surface area contributed by atoms with Crippen LogP contribution in [0.25, 0.3) is 0 Å². The molecule has 0 fully saturated rings. The van der Waals surface area contributed by atoms with Crippen LogP contribution in [0.15, 0.2) is 36.4 Å². The first-order chi connectivity index (χ1) is 14.9. The van der Waals surface area contributed by atoms with Gasteiger partial charge in [0.05, 0.1) is 11.3 Å². The van der Waals surface area contributed by atoms with Crippen LogP contribution in [-0.2, 0) is 40.1 Å². The van der Waals surface area contributed by atoms with Gasteiger partial charge in [-0.3, -0.25) is 14.4 Å². The lowest BCUT2D eigenvalue weighted by Gasteiger charge is -2.33. The topological polar surface area (TPSA) is 98.7 Å². The van der Waals surface area contributed by atoms with Crippen LogP contribution < -0.4 is 15.5 Å². The Bertz CT molecular complexity index is 1100. The van der Waals surface area contributed by atoms with Crippen LogP contribution in [0.3, 0.4) is 0 Å². The van der Waals surface area contributed by atoms with E-state index in [2.05, 4.69) is 16.7 Å². The van der Waals surface area contributed by atoms with Gasteiger partial charge in [-0.15, -0.1) is 0 Å². The van der Waals surface area contributed by atoms with Gasteiger partial charge in [0.25, 0.3) is 0 Å². The van der Waals surface area contributed by atoms with Gasteiger partial charge < -0.3 is 20.6 Å². The minimum Gasteiger partial charge on any atom is -0.388 e. The Balaban J connectivity index is 1.22. The lowest BCUT2D eigenvalue weighted by atomic mass is 9.80. The standard InChI is InChI=1S/C24H25N3O4/c28-20-6-5-16-11-19(12-17-8-10-27(20)21(16)17)26-23(30)22(29)25-14-24(31)9-7-15-3-1-2-4-18(15)13-24/h1-4,11-12,31H,5-10,13-14H2,(H,25,29)(H,26,30). The monoisotopic (exact) mass is 419 g/mol. The van der Waals surface area contributed by atoms with Crippen molar-refractivity contribution in [3.8, 4) is 0 Å². The zero-order chi connectivity index (χ0) is 21.6. The molecule has 0 saturated carbocycles. The molecule has 0 saturated heterocycles. The highest BCUT2D eigenvalue weighted by Crippen LogP contribution is 2.38. The summed E-state index contributed by atoms with van der Waals surface area (Å²) in [7, 11) is 0. The van der Waals surface area contributed by atoms with Crippen LogP contribution in [-0.4, -0.2) is 41.5 Å². The third-order valence-electron chi connectivity index (χ3n) is 6.59. The molecule has 160 valence electrons. The number of rotatable bonds is 3. The van der Waals surface area contributed by atoms with Crippen molar-refractivity contribution in [3.05, 3.63) is 58.7 Å². The molecule has 31 heavy (non-hydrogen) atoms. The molecule has 2 aliphatic heterocycles. The van der Waals surface area contributed by atoms with Crippen LogP contribution in [0.4, 0.5) is 11.4 Å². The zero-order valence-corrected chi connectivity index (χ0v) is 17.2. The molecule has 1 aliphatic carbocycles. The molecule has 3 amide bonds. The summed E-state index contributed by atoms with van der Waals surface area (Å²) in [5.74, 6) is -1.38. The van der Waals surface area contributed by atoms with E-state index in [1.165, 1.54) is 5.56 Å². The molecule has 0 radical (unpaired) electrons. The number of benzene rings is 2. The molecular weight excluding hydrogens is 394 g/mol. The summed E-state index contributed by atoms with van der Waals surface area (Å²) in [5.41, 5.74) is 4.83. The Kier molecular flexibility index (Phi) is 4.78. The number of nitrogens with one attached hydrogen (secondary N) is 2. The number of fused-ring (bicyclic) bond motifs is 1. The summed E-state index contributed by atoms with van der Waals surface area (Å²) < 4.78 is 0. The highest BCUT2D eigenvalue weighted by molar-refractivity contribution is 6.39. The molecule has 0 bridgehead atoms. The minimum atomic E-state index is -1.06. The van der Waals surface area contributed by atoms with E-state index in [4.69, 9.17) is 0 Å². The van der Waals surface area contributed by atoms with Crippen molar-refractivity contribution in [2.45, 2.75) is 44.1 Å². The molecule has 2 heterocycles. The smallest absolute Gasteiger partial charge is 0.313 e. The molecule has 3 aliphatic rings. The van der Waals surface area contributed by atoms with Crippen LogP contribution >= 0.6 is 0 Å². The lowest BCUT2D eigenvalue weighted by Crippen LogP contribution is -2.49. The van der Waals surface area contributed by atoms with Gasteiger partial charge in [-0.25, -0.2) is 0 Å². The van der Waals surface area contributed by atoms with Gasteiger partial charge in [0.2, 0.25) is 5.91 Å². The van der Waals surface area contributed by atoms with Crippen molar-refractivity contribution in [1.29, 1.82) is 0 Å². The van der Waals surface area contributed by atoms with Gasteiger partial charge in [-0.1, -0.05) is 24.3 Å². The van der Waals surface area contributed by atoms with E-state index in [0.717, 1.165) is 35.2 Å². The van der Waals surface area contributed by atoms with Crippen LogP contribution in [0, 0.1) is 0 Å². The molecule has 0 spiro atoms. The normalized spacial score (nSPS) is 21.3. The lowest BCUT2D eigenvalue weighted by molar-refractivity contribution is -0.136. The second-order valence-electron chi connectivity index (χ2n) is 8.75. The molecule has 1 atom stereocenters. The van der Waals surface area contributed by atoms with Crippen molar-refractivity contribution in [2.75, 3.05) is 23.3 Å². The molecule has 1 unspecified atom stereocenters. The summed E-state index contributed by atoms with van der Waals surface area (Å²) >= 11 is 0. The predicted octanol–water partition coefficient (Wildman–Crippen LogP) is 1.50. The fraction of sp³-hybridized carbons (Fsp3) is 0.375. The Hall–Kier alpha value is -3.19. The average Bonchev–Trinajstić information content (AvgIpc) is 3.20. The fourth-order valence-corrected chi connectivity index (χ4v) is 4.98. The summed E-state index contributed by atoms with van der Waals surface area (Å²) in [6.45, 7) is 0.695. The molecule has 3 N–H and O–H groups in total. The van der Waals surface area contributed by atoms with E-state index < -0.39 is 17.4 Å². The summed E-state index contributed by atoms with van der Waals surface area (Å²) in [6.07, 6.45) is 3.59. The molecule has 7 heteroatoms. The Morgan fingerprint density at radius 3 is 2.52 bits per heavy atom. The quantitative estimate of drug-likeness (QED) is 0.657. The number of aryl methyl sites for hydroxylation is 2. The Labute approximate surface area is 180 Å². The van der Waals surface area contributed by atoms with Crippen molar-refractivity contribution in [3.63, 3.8) is 0 Å². The highest BCUT2D eigenvalue weighted by Gasteiger charge is 2.34. The van der Waals surface area contributed by atoms with Crippen LogP contribution in [0.1, 0.15) is 35.1 Å². The van der Waals surface area contributed by atoms with E-state index in [9.17, 15) is 19.5 Å². The van der Waals surface area contributed by atoms with Crippen molar-refractivity contribution >= 4 is 29.1 Å². The zero-order valence-electron chi connectivity index (χ0n) is 17.2. The predicted molar refractivity (Wildman–Crippen MR) is 116 cm³/mol. The number of nitrogens with zero attached hydrogens (tertiary/aromatic N) is 1. The Morgan fingerprint density at radius 2 is 1.71 bits per heavy atom. The number of aliphatic hydroxyl groups is 1. The van der Waals surface area contributed by atoms with Crippen molar-refractivity contribution in [1.82, 2.24) is 5.32 Å². The molecule has 2 aromatic rings. The first-order valence-electron chi connectivity index (χ1n) is 10.8. The van der Waals surface area contributed by atoms with E-state index in [1.807, 2.05) is 35.2 Å². The van der Waals surface area contributed by atoms with E-state index in [-0.39, 0.29) is 12.5 Å². The third kappa shape index (κ3) is 3.70. The maximum atomic E-state index is 12.4. The van der Waals surface area contributed by atoms with Gasteiger partial charge >= 0.3 is 11.8 Å². The van der Waals surface area contributed by atoms with Crippen molar-refractivity contribution < 1.29 is 19.5 Å². The van der Waals surface area contributed by atoms with Gasteiger partial charge in [-0.2, -0.15) is 0 Å². The number of hydrogen-bond acceptors (Lipinski definition) is 4. The summed E-state index contributed by atoms with van der Waals surface area (Å²) in [6, 6.07) is 11.7. The van der Waals surface area contributed by atoms with E-state index in [0.29, 0.717) is 37.9 Å². The second-order valence-corrected chi connectivity index (χ2v) is 8.75. The minimum absolute atomic E-state index is 0.0279. The number of anilines is 2. The van der Waals surface area contributed by atoms with E-state index >= 15 is 0 Å². The summed E-state index contributed by atoms with van der Waals surface area (Å²) in [4.78, 5) is 38.7. The van der Waals surface area contributed by atoms with Gasteiger partial charge in [-0.05, 0) is 60.1 Å². The van der Waals surface area contributed by atoms with Gasteiger partial charge in [0.1, 0.15) is 0 Å². The Morgan fingerprint density at radius 1 is 0.968 bits per heavy atom. The number of hydrogen-bond donors (Lipinski definition) is 3. The van der Waals surface area contributed by atoms with E-state index in [1.54, 1.807) is 0 Å². The van der Waals surface area contributed by atoms with Gasteiger partial charge in [0.15, 0.2) is 0 Å². The second kappa shape index (κ2) is 7.50. The molecule has 5 rings (SSSR count). The molecule has 0 aromatic heterocycles. The van der Waals surface area contributed by atoms with Crippen LogP contribution in [0.2, 0.25) is 0 Å². The third-order valence-corrected chi connectivity index (χ3v) is 6.59. The number of amides is 3. The molecule has 7 nitrogen and oxygen atoms in total. The fourth-order valence-electron chi connectivity index (χ4n) is 4.98. The summed E-state index contributed by atoms with van der Waals surface area (Å²) in [5, 5.41) is 16.2. The maximum absolute atomic E-state index is 12.4. The number of carbonyl (C=O) groups excluding carboxylic acids is 3. The highest BCUT2D eigenvalue weighted by atomic mass is 16.3. The van der Waals surface area contributed by atoms with Gasteiger partial charge in [0, 0.05) is 31.6 Å². The average molecular weight is 419 g/mol. The first-order valence-corrected chi connectivity index (χ1v) is 10.8. The molecular formula is C24H25N3O4.